The molecule has 1 unspecified atom stereocenters. The number of hydrogen-bond acceptors (Lipinski definition) is 2. The summed E-state index contributed by atoms with van der Waals surface area (Å²) < 4.78 is 13.0. The van der Waals surface area contributed by atoms with E-state index in [1.54, 1.807) is 0 Å². The monoisotopic (exact) mass is 220 g/mol. The summed E-state index contributed by atoms with van der Waals surface area (Å²) in [4.78, 5) is 0. The Morgan fingerprint density at radius 2 is 2.06 bits per heavy atom. The van der Waals surface area contributed by atoms with E-state index in [0.717, 1.165) is 5.56 Å². The van der Waals surface area contributed by atoms with Gasteiger partial charge in [-0.2, -0.15) is 5.26 Å². The zero-order chi connectivity index (χ0) is 12.1. The highest BCUT2D eigenvalue weighted by molar-refractivity contribution is 5.37. The predicted molar refractivity (Wildman–Crippen MR) is 62.3 cm³/mol. The van der Waals surface area contributed by atoms with Crippen LogP contribution < -0.4 is 5.32 Å². The largest absolute Gasteiger partial charge is 0.310 e. The maximum atomic E-state index is 13.0. The second-order valence-corrected chi connectivity index (χ2v) is 4.33. The van der Waals surface area contributed by atoms with E-state index in [4.69, 9.17) is 5.26 Å². The van der Waals surface area contributed by atoms with Crippen molar-refractivity contribution in [3.05, 3.63) is 35.1 Å². The molecule has 0 aliphatic carbocycles. The summed E-state index contributed by atoms with van der Waals surface area (Å²) in [6, 6.07) is 6.66. The highest BCUT2D eigenvalue weighted by Gasteiger charge is 2.08. The molecule has 0 spiro atoms. The molecular weight excluding hydrogens is 203 g/mol. The molecule has 0 bridgehead atoms. The molecule has 0 saturated heterocycles. The standard InChI is InChI=1S/C13H17FN2/c1-9(2)10(3)16-8-12-6-13(14)5-4-11(12)7-15/h4-6,9-10,16H,8H2,1-3H3. The Bertz CT molecular complexity index is 393. The lowest BCUT2D eigenvalue weighted by atomic mass is 10.0. The Balaban J connectivity index is 2.73. The quantitative estimate of drug-likeness (QED) is 0.847. The first-order chi connectivity index (χ1) is 7.54. The topological polar surface area (TPSA) is 35.8 Å². The molecule has 0 saturated carbocycles. The fourth-order valence-electron chi connectivity index (χ4n) is 1.32. The normalized spacial score (nSPS) is 12.5. The van der Waals surface area contributed by atoms with Crippen LogP contribution in [0.3, 0.4) is 0 Å². The van der Waals surface area contributed by atoms with Gasteiger partial charge >= 0.3 is 0 Å². The first kappa shape index (κ1) is 12.7. The average Bonchev–Trinajstić information content (AvgIpc) is 2.25. The number of halogens is 1. The first-order valence-electron chi connectivity index (χ1n) is 5.46. The fraction of sp³-hybridized carbons (Fsp3) is 0.462. The van der Waals surface area contributed by atoms with E-state index in [9.17, 15) is 4.39 Å². The fourth-order valence-corrected chi connectivity index (χ4v) is 1.32. The molecule has 1 aromatic rings. The van der Waals surface area contributed by atoms with E-state index in [1.165, 1.54) is 18.2 Å². The second kappa shape index (κ2) is 5.62. The Morgan fingerprint density at radius 3 is 2.62 bits per heavy atom. The Morgan fingerprint density at radius 1 is 1.38 bits per heavy atom. The Labute approximate surface area is 96.1 Å². The van der Waals surface area contributed by atoms with Crippen molar-refractivity contribution in [3.8, 4) is 6.07 Å². The number of nitrogens with zero attached hydrogens (tertiary/aromatic N) is 1. The molecule has 0 aliphatic rings. The van der Waals surface area contributed by atoms with Crippen molar-refractivity contribution in [2.45, 2.75) is 33.4 Å². The SMILES string of the molecule is CC(C)C(C)NCc1cc(F)ccc1C#N. The third-order valence-corrected chi connectivity index (χ3v) is 2.80. The predicted octanol–water partition coefficient (Wildman–Crippen LogP) is 2.83. The summed E-state index contributed by atoms with van der Waals surface area (Å²) in [5.41, 5.74) is 1.25. The Kier molecular flexibility index (Phi) is 4.45. The van der Waals surface area contributed by atoms with E-state index in [-0.39, 0.29) is 5.82 Å². The van der Waals surface area contributed by atoms with Gasteiger partial charge in [-0.15, -0.1) is 0 Å². The van der Waals surface area contributed by atoms with Crippen molar-refractivity contribution in [1.82, 2.24) is 5.32 Å². The van der Waals surface area contributed by atoms with E-state index >= 15 is 0 Å². The molecule has 1 rings (SSSR count). The highest BCUT2D eigenvalue weighted by Crippen LogP contribution is 2.11. The maximum Gasteiger partial charge on any atom is 0.123 e. The molecule has 3 heteroatoms. The molecule has 86 valence electrons. The van der Waals surface area contributed by atoms with Crippen LogP contribution in [-0.2, 0) is 6.54 Å². The summed E-state index contributed by atoms with van der Waals surface area (Å²) in [5.74, 6) is 0.215. The molecule has 0 fully saturated rings. The average molecular weight is 220 g/mol. The molecule has 1 atom stereocenters. The van der Waals surface area contributed by atoms with Gasteiger partial charge in [0.2, 0.25) is 0 Å². The third-order valence-electron chi connectivity index (χ3n) is 2.80. The first-order valence-corrected chi connectivity index (χ1v) is 5.46. The van der Waals surface area contributed by atoms with Gasteiger partial charge in [-0.25, -0.2) is 4.39 Å². The van der Waals surface area contributed by atoms with E-state index < -0.39 is 0 Å². The van der Waals surface area contributed by atoms with Crippen LogP contribution >= 0.6 is 0 Å². The Hall–Kier alpha value is -1.40. The minimum Gasteiger partial charge on any atom is -0.310 e. The van der Waals surface area contributed by atoms with Crippen LogP contribution in [0.5, 0.6) is 0 Å². The summed E-state index contributed by atoms with van der Waals surface area (Å²) in [6.45, 7) is 6.85. The summed E-state index contributed by atoms with van der Waals surface area (Å²) in [5, 5.41) is 12.2. The van der Waals surface area contributed by atoms with E-state index in [2.05, 4.69) is 32.2 Å². The van der Waals surface area contributed by atoms with Gasteiger partial charge in [0.1, 0.15) is 5.82 Å². The van der Waals surface area contributed by atoms with Crippen molar-refractivity contribution < 1.29 is 4.39 Å². The van der Waals surface area contributed by atoms with Crippen molar-refractivity contribution in [3.63, 3.8) is 0 Å². The maximum absolute atomic E-state index is 13.0. The van der Waals surface area contributed by atoms with Gasteiger partial charge in [0, 0.05) is 12.6 Å². The molecule has 0 aliphatic heterocycles. The van der Waals surface area contributed by atoms with Gasteiger partial charge in [0.15, 0.2) is 0 Å². The number of nitriles is 1. The van der Waals surface area contributed by atoms with Crippen LogP contribution in [0.1, 0.15) is 31.9 Å². The number of benzene rings is 1. The third kappa shape index (κ3) is 3.32. The van der Waals surface area contributed by atoms with Gasteiger partial charge in [-0.05, 0) is 36.6 Å². The van der Waals surface area contributed by atoms with Gasteiger partial charge < -0.3 is 5.32 Å². The molecule has 2 nitrogen and oxygen atoms in total. The zero-order valence-electron chi connectivity index (χ0n) is 9.92. The molecule has 0 radical (unpaired) electrons. The van der Waals surface area contributed by atoms with Crippen LogP contribution in [0, 0.1) is 23.1 Å². The zero-order valence-corrected chi connectivity index (χ0v) is 9.92. The highest BCUT2D eigenvalue weighted by atomic mass is 19.1. The minimum absolute atomic E-state index is 0.298. The van der Waals surface area contributed by atoms with E-state index in [0.29, 0.717) is 24.1 Å². The lowest BCUT2D eigenvalue weighted by molar-refractivity contribution is 0.425. The van der Waals surface area contributed by atoms with Crippen LogP contribution in [0.15, 0.2) is 18.2 Å². The van der Waals surface area contributed by atoms with Crippen LogP contribution in [0.4, 0.5) is 4.39 Å². The molecule has 1 N–H and O–H groups in total. The van der Waals surface area contributed by atoms with Crippen molar-refractivity contribution >= 4 is 0 Å². The van der Waals surface area contributed by atoms with Crippen LogP contribution in [-0.4, -0.2) is 6.04 Å². The number of nitrogens with one attached hydrogen (secondary N) is 1. The molecule has 0 amide bonds. The number of rotatable bonds is 4. The smallest absolute Gasteiger partial charge is 0.123 e. The molecular formula is C13H17FN2. The molecule has 1 aromatic carbocycles. The van der Waals surface area contributed by atoms with Crippen molar-refractivity contribution in [1.29, 1.82) is 5.26 Å². The molecule has 16 heavy (non-hydrogen) atoms. The number of hydrogen-bond donors (Lipinski definition) is 1. The lowest BCUT2D eigenvalue weighted by Crippen LogP contribution is -2.30. The summed E-state index contributed by atoms with van der Waals surface area (Å²) in [7, 11) is 0. The van der Waals surface area contributed by atoms with Crippen molar-refractivity contribution in [2.24, 2.45) is 5.92 Å². The molecule has 0 aromatic heterocycles. The van der Waals surface area contributed by atoms with Gasteiger partial charge in [0.05, 0.1) is 11.6 Å². The minimum atomic E-state index is -0.298. The summed E-state index contributed by atoms with van der Waals surface area (Å²) in [6.07, 6.45) is 0. The molecule has 0 heterocycles. The lowest BCUT2D eigenvalue weighted by Gasteiger charge is -2.17. The van der Waals surface area contributed by atoms with Gasteiger partial charge in [-0.3, -0.25) is 0 Å². The second-order valence-electron chi connectivity index (χ2n) is 4.33. The van der Waals surface area contributed by atoms with E-state index in [1.807, 2.05) is 0 Å². The van der Waals surface area contributed by atoms with Gasteiger partial charge in [0.25, 0.3) is 0 Å². The van der Waals surface area contributed by atoms with Crippen LogP contribution in [0.2, 0.25) is 0 Å². The summed E-state index contributed by atoms with van der Waals surface area (Å²) >= 11 is 0. The van der Waals surface area contributed by atoms with Crippen molar-refractivity contribution in [2.75, 3.05) is 0 Å². The van der Waals surface area contributed by atoms with Crippen LogP contribution in [0.25, 0.3) is 0 Å². The van der Waals surface area contributed by atoms with Gasteiger partial charge in [-0.1, -0.05) is 13.8 Å².